The van der Waals surface area contributed by atoms with E-state index in [1.165, 1.54) is 16.7 Å². The molecule has 2 saturated heterocycles. The molecule has 2 aliphatic rings. The van der Waals surface area contributed by atoms with Gasteiger partial charge in [0, 0.05) is 25.5 Å². The van der Waals surface area contributed by atoms with E-state index in [9.17, 15) is 24.0 Å². The predicted molar refractivity (Wildman–Crippen MR) is 113 cm³/mol. The van der Waals surface area contributed by atoms with Crippen molar-refractivity contribution in [2.24, 2.45) is 0 Å². The molecule has 0 aliphatic carbocycles. The second-order valence-electron chi connectivity index (χ2n) is 7.94. The van der Waals surface area contributed by atoms with E-state index < -0.39 is 47.9 Å². The van der Waals surface area contributed by atoms with Gasteiger partial charge in [-0.1, -0.05) is 0 Å². The third kappa shape index (κ3) is 5.96. The lowest BCUT2D eigenvalue weighted by Gasteiger charge is -2.39. The van der Waals surface area contributed by atoms with E-state index in [-0.39, 0.29) is 13.2 Å². The van der Waals surface area contributed by atoms with Gasteiger partial charge in [-0.05, 0) is 43.9 Å². The van der Waals surface area contributed by atoms with Crippen molar-refractivity contribution in [1.29, 1.82) is 0 Å². The summed E-state index contributed by atoms with van der Waals surface area (Å²) in [6.45, 7) is 1.84. The molecule has 3 N–H and O–H groups in total. The van der Waals surface area contributed by atoms with Crippen molar-refractivity contribution < 1.29 is 33.8 Å². The molecule has 4 amide bonds. The lowest BCUT2D eigenvalue weighted by Crippen LogP contribution is -2.60. The minimum absolute atomic E-state index is 0.0543. The van der Waals surface area contributed by atoms with Gasteiger partial charge in [0.1, 0.15) is 24.7 Å². The van der Waals surface area contributed by atoms with E-state index in [1.807, 2.05) is 0 Å². The number of ether oxygens (including phenoxy) is 1. The Balaban J connectivity index is 1.41. The zero-order chi connectivity index (χ0) is 24.0. The second-order valence-corrected chi connectivity index (χ2v) is 7.94. The number of hydrogen-bond donors (Lipinski definition) is 3. The van der Waals surface area contributed by atoms with Crippen molar-refractivity contribution in [2.45, 2.75) is 50.9 Å². The molecule has 1 aromatic heterocycles. The number of nitrogens with zero attached hydrogens (tertiary/aromatic N) is 3. The highest BCUT2D eigenvalue weighted by Crippen LogP contribution is 2.20. The monoisotopic (exact) mass is 461 g/mol. The van der Waals surface area contributed by atoms with Crippen LogP contribution in [0.15, 0.2) is 24.5 Å². The summed E-state index contributed by atoms with van der Waals surface area (Å²) >= 11 is 0. The number of likely N-dealkylation sites (tertiary alicyclic amines) is 2. The first-order chi connectivity index (χ1) is 15.8. The average molecular weight is 461 g/mol. The Kier molecular flexibility index (Phi) is 7.80. The molecule has 0 aromatic carbocycles. The summed E-state index contributed by atoms with van der Waals surface area (Å²) in [5.41, 5.74) is 0.767. The van der Waals surface area contributed by atoms with E-state index >= 15 is 0 Å². The maximum Gasteiger partial charge on any atom is 0.410 e. The van der Waals surface area contributed by atoms with Crippen LogP contribution in [0.2, 0.25) is 0 Å². The number of aromatic nitrogens is 1. The molecule has 33 heavy (non-hydrogen) atoms. The quantitative estimate of drug-likeness (QED) is 0.467. The van der Waals surface area contributed by atoms with Crippen LogP contribution in [0.25, 0.3) is 0 Å². The summed E-state index contributed by atoms with van der Waals surface area (Å²) in [7, 11) is 0. The van der Waals surface area contributed by atoms with Crippen LogP contribution >= 0.6 is 0 Å². The topological polar surface area (TPSA) is 158 Å². The van der Waals surface area contributed by atoms with Crippen molar-refractivity contribution in [2.75, 3.05) is 19.6 Å². The Morgan fingerprint density at radius 1 is 1.12 bits per heavy atom. The van der Waals surface area contributed by atoms with Gasteiger partial charge in [-0.2, -0.15) is 0 Å². The third-order valence-electron chi connectivity index (χ3n) is 5.69. The van der Waals surface area contributed by atoms with Crippen LogP contribution in [-0.2, 0) is 30.5 Å². The predicted octanol–water partition coefficient (Wildman–Crippen LogP) is -0.511. The number of carboxylic acid groups (broad SMARTS) is 1. The van der Waals surface area contributed by atoms with Gasteiger partial charge in [0.2, 0.25) is 17.7 Å². The SMILES string of the molecule is C[C@H](NC(=O)[C@@H]1CCN1C(=O)OCc1ccncc1)C(=O)NCC(=O)N1CCC[C@H]1C(=O)O. The molecule has 0 bridgehead atoms. The molecule has 0 radical (unpaired) electrons. The van der Waals surface area contributed by atoms with E-state index in [4.69, 9.17) is 9.84 Å². The Labute approximate surface area is 190 Å². The Morgan fingerprint density at radius 3 is 2.48 bits per heavy atom. The number of pyridine rings is 1. The molecular formula is C21H27N5O7. The molecule has 3 atom stereocenters. The lowest BCUT2D eigenvalue weighted by molar-refractivity contribution is -0.148. The molecule has 12 heteroatoms. The smallest absolute Gasteiger partial charge is 0.410 e. The van der Waals surface area contributed by atoms with Crippen molar-refractivity contribution in [3.8, 4) is 0 Å². The van der Waals surface area contributed by atoms with Crippen LogP contribution in [0, 0.1) is 0 Å². The van der Waals surface area contributed by atoms with Crippen LogP contribution in [0.5, 0.6) is 0 Å². The van der Waals surface area contributed by atoms with Gasteiger partial charge >= 0.3 is 12.1 Å². The first-order valence-electron chi connectivity index (χ1n) is 10.7. The number of aliphatic carboxylic acids is 1. The number of rotatable bonds is 8. The molecule has 0 saturated carbocycles. The summed E-state index contributed by atoms with van der Waals surface area (Å²) in [5.74, 6) is -2.65. The zero-order valence-corrected chi connectivity index (χ0v) is 18.2. The van der Waals surface area contributed by atoms with Crippen LogP contribution in [-0.4, -0.2) is 87.4 Å². The fraction of sp³-hybridized carbons (Fsp3) is 0.524. The van der Waals surface area contributed by atoms with Gasteiger partial charge < -0.3 is 25.4 Å². The van der Waals surface area contributed by atoms with Crippen LogP contribution in [0.1, 0.15) is 31.7 Å². The molecule has 0 spiro atoms. The first kappa shape index (κ1) is 24.0. The Hall–Kier alpha value is -3.70. The highest BCUT2D eigenvalue weighted by molar-refractivity contribution is 5.93. The number of amides is 4. The molecule has 3 heterocycles. The van der Waals surface area contributed by atoms with E-state index in [1.54, 1.807) is 24.5 Å². The largest absolute Gasteiger partial charge is 0.480 e. The highest BCUT2D eigenvalue weighted by Gasteiger charge is 2.39. The first-order valence-corrected chi connectivity index (χ1v) is 10.7. The van der Waals surface area contributed by atoms with E-state index in [2.05, 4.69) is 15.6 Å². The maximum atomic E-state index is 12.5. The summed E-state index contributed by atoms with van der Waals surface area (Å²) in [6, 6.07) is 0.852. The zero-order valence-electron chi connectivity index (χ0n) is 18.2. The maximum absolute atomic E-state index is 12.5. The van der Waals surface area contributed by atoms with Crippen molar-refractivity contribution in [3.63, 3.8) is 0 Å². The number of carbonyl (C=O) groups is 5. The average Bonchev–Trinajstić information content (AvgIpc) is 3.26. The molecular weight excluding hydrogens is 434 g/mol. The van der Waals surface area contributed by atoms with Gasteiger partial charge in [-0.15, -0.1) is 0 Å². The number of carbonyl (C=O) groups excluding carboxylic acids is 4. The summed E-state index contributed by atoms with van der Waals surface area (Å²) in [5, 5.41) is 14.1. The lowest BCUT2D eigenvalue weighted by atomic mass is 10.0. The molecule has 12 nitrogen and oxygen atoms in total. The second kappa shape index (κ2) is 10.7. The molecule has 178 valence electrons. The summed E-state index contributed by atoms with van der Waals surface area (Å²) in [6.07, 6.45) is 3.95. The molecule has 1 aromatic rings. The van der Waals surface area contributed by atoms with E-state index in [0.29, 0.717) is 32.4 Å². The van der Waals surface area contributed by atoms with Gasteiger partial charge in [0.25, 0.3) is 0 Å². The molecule has 0 unspecified atom stereocenters. The summed E-state index contributed by atoms with van der Waals surface area (Å²) in [4.78, 5) is 66.9. The normalized spacial score (nSPS) is 20.4. The van der Waals surface area contributed by atoms with Gasteiger partial charge in [0.05, 0.1) is 6.54 Å². The number of nitrogens with one attached hydrogen (secondary N) is 2. The van der Waals surface area contributed by atoms with Crippen LogP contribution in [0.4, 0.5) is 4.79 Å². The minimum Gasteiger partial charge on any atom is -0.480 e. The van der Waals surface area contributed by atoms with Gasteiger partial charge in [-0.3, -0.25) is 24.3 Å². The van der Waals surface area contributed by atoms with Crippen molar-refractivity contribution in [3.05, 3.63) is 30.1 Å². The fourth-order valence-electron chi connectivity index (χ4n) is 3.70. The molecule has 2 aliphatic heterocycles. The summed E-state index contributed by atoms with van der Waals surface area (Å²) < 4.78 is 5.22. The van der Waals surface area contributed by atoms with Gasteiger partial charge in [0.15, 0.2) is 0 Å². The van der Waals surface area contributed by atoms with Crippen LogP contribution < -0.4 is 10.6 Å². The van der Waals surface area contributed by atoms with Crippen molar-refractivity contribution in [1.82, 2.24) is 25.4 Å². The molecule has 3 rings (SSSR count). The fourth-order valence-corrected chi connectivity index (χ4v) is 3.70. The van der Waals surface area contributed by atoms with Crippen molar-refractivity contribution >= 4 is 29.8 Å². The van der Waals surface area contributed by atoms with Gasteiger partial charge in [-0.25, -0.2) is 9.59 Å². The Morgan fingerprint density at radius 2 is 1.85 bits per heavy atom. The number of hydrogen-bond acceptors (Lipinski definition) is 7. The number of carboxylic acids is 1. The third-order valence-corrected chi connectivity index (χ3v) is 5.69. The highest BCUT2D eigenvalue weighted by atomic mass is 16.6. The van der Waals surface area contributed by atoms with Crippen LogP contribution in [0.3, 0.4) is 0 Å². The standard InChI is InChI=1S/C21H27N5O7/c1-13(18(28)23-11-17(27)25-9-2-3-16(25)20(30)31)24-19(29)15-6-10-26(15)21(32)33-12-14-4-7-22-8-5-14/h4-5,7-8,13,15-16H,2-3,6,9-12H2,1H3,(H,23,28)(H,24,29)(H,30,31)/t13-,15-,16-/m0/s1. The minimum atomic E-state index is -1.07. The Bertz CT molecular complexity index is 910. The molecule has 2 fully saturated rings. The van der Waals surface area contributed by atoms with E-state index in [0.717, 1.165) is 5.56 Å².